The SMILES string of the molecule is COc1ccc(C)cc1N(CCNS(=O)(=O)N(C)C)C(C)=O. The van der Waals surface area contributed by atoms with Gasteiger partial charge in [-0.2, -0.15) is 12.7 Å². The van der Waals surface area contributed by atoms with Crippen LogP contribution in [-0.2, 0) is 15.0 Å². The van der Waals surface area contributed by atoms with Crippen molar-refractivity contribution >= 4 is 21.8 Å². The highest BCUT2D eigenvalue weighted by Gasteiger charge is 2.18. The molecule has 0 fully saturated rings. The molecule has 0 aromatic heterocycles. The predicted octanol–water partition coefficient (Wildman–Crippen LogP) is 0.753. The van der Waals surface area contributed by atoms with E-state index in [0.29, 0.717) is 11.4 Å². The van der Waals surface area contributed by atoms with E-state index in [-0.39, 0.29) is 19.0 Å². The van der Waals surface area contributed by atoms with E-state index in [1.807, 2.05) is 19.1 Å². The summed E-state index contributed by atoms with van der Waals surface area (Å²) in [5, 5.41) is 0. The molecular weight excluding hydrogens is 306 g/mol. The summed E-state index contributed by atoms with van der Waals surface area (Å²) in [6.07, 6.45) is 0. The first-order chi connectivity index (χ1) is 10.2. The van der Waals surface area contributed by atoms with Gasteiger partial charge in [0.15, 0.2) is 0 Å². The molecule has 0 spiro atoms. The lowest BCUT2D eigenvalue weighted by Gasteiger charge is -2.24. The molecule has 0 saturated carbocycles. The summed E-state index contributed by atoms with van der Waals surface area (Å²) in [6, 6.07) is 5.50. The maximum absolute atomic E-state index is 11.9. The van der Waals surface area contributed by atoms with Crippen LogP contribution in [0.5, 0.6) is 5.75 Å². The number of nitrogens with zero attached hydrogens (tertiary/aromatic N) is 2. The van der Waals surface area contributed by atoms with Crippen molar-refractivity contribution in [1.82, 2.24) is 9.03 Å². The Bertz CT molecular complexity index is 629. The molecule has 22 heavy (non-hydrogen) atoms. The van der Waals surface area contributed by atoms with E-state index in [1.54, 1.807) is 6.07 Å². The van der Waals surface area contributed by atoms with Gasteiger partial charge in [0.05, 0.1) is 12.8 Å². The molecule has 0 atom stereocenters. The number of hydrogen-bond donors (Lipinski definition) is 1. The predicted molar refractivity (Wildman–Crippen MR) is 86.4 cm³/mol. The Labute approximate surface area is 132 Å². The van der Waals surface area contributed by atoms with Crippen molar-refractivity contribution in [3.05, 3.63) is 23.8 Å². The lowest BCUT2D eigenvalue weighted by molar-refractivity contribution is -0.116. The molecule has 1 N–H and O–H groups in total. The molecule has 124 valence electrons. The Morgan fingerprint density at radius 3 is 2.45 bits per heavy atom. The van der Waals surface area contributed by atoms with Crippen molar-refractivity contribution in [3.63, 3.8) is 0 Å². The van der Waals surface area contributed by atoms with E-state index in [0.717, 1.165) is 9.87 Å². The molecular formula is C14H23N3O4S. The van der Waals surface area contributed by atoms with E-state index < -0.39 is 10.2 Å². The minimum absolute atomic E-state index is 0.108. The highest BCUT2D eigenvalue weighted by Crippen LogP contribution is 2.29. The van der Waals surface area contributed by atoms with Crippen LogP contribution in [0.3, 0.4) is 0 Å². The van der Waals surface area contributed by atoms with Crippen molar-refractivity contribution in [1.29, 1.82) is 0 Å². The Hall–Kier alpha value is -1.64. The summed E-state index contributed by atoms with van der Waals surface area (Å²) in [4.78, 5) is 13.4. The molecule has 1 aromatic rings. The molecule has 7 nitrogen and oxygen atoms in total. The first kappa shape index (κ1) is 18.4. The van der Waals surface area contributed by atoms with Crippen LogP contribution in [0.2, 0.25) is 0 Å². The van der Waals surface area contributed by atoms with Gasteiger partial charge in [-0.15, -0.1) is 0 Å². The number of ether oxygens (including phenoxy) is 1. The number of aryl methyl sites for hydroxylation is 1. The Balaban J connectivity index is 2.92. The number of nitrogens with one attached hydrogen (secondary N) is 1. The van der Waals surface area contributed by atoms with E-state index in [9.17, 15) is 13.2 Å². The third kappa shape index (κ3) is 4.69. The molecule has 0 aliphatic heterocycles. The summed E-state index contributed by atoms with van der Waals surface area (Å²) in [5.74, 6) is 0.379. The fourth-order valence-corrected chi connectivity index (χ4v) is 2.48. The van der Waals surface area contributed by atoms with Gasteiger partial charge in [0.25, 0.3) is 10.2 Å². The lowest BCUT2D eigenvalue weighted by Crippen LogP contribution is -2.41. The van der Waals surface area contributed by atoms with Crippen LogP contribution in [0.25, 0.3) is 0 Å². The van der Waals surface area contributed by atoms with Gasteiger partial charge in [-0.3, -0.25) is 4.79 Å². The number of carbonyl (C=O) groups excluding carboxylic acids is 1. The Kier molecular flexibility index (Phi) is 6.34. The molecule has 0 aliphatic carbocycles. The highest BCUT2D eigenvalue weighted by atomic mass is 32.2. The Morgan fingerprint density at radius 2 is 1.95 bits per heavy atom. The summed E-state index contributed by atoms with van der Waals surface area (Å²) in [5.41, 5.74) is 1.61. The molecule has 0 saturated heterocycles. The van der Waals surface area contributed by atoms with Crippen LogP contribution in [0, 0.1) is 6.92 Å². The van der Waals surface area contributed by atoms with Gasteiger partial charge < -0.3 is 9.64 Å². The highest BCUT2D eigenvalue weighted by molar-refractivity contribution is 7.87. The smallest absolute Gasteiger partial charge is 0.278 e. The second-order valence-corrected chi connectivity index (χ2v) is 7.00. The number of anilines is 1. The van der Waals surface area contributed by atoms with Gasteiger partial charge >= 0.3 is 0 Å². The largest absolute Gasteiger partial charge is 0.495 e. The fraction of sp³-hybridized carbons (Fsp3) is 0.500. The summed E-state index contributed by atoms with van der Waals surface area (Å²) in [6.45, 7) is 3.66. The number of hydrogen-bond acceptors (Lipinski definition) is 4. The van der Waals surface area contributed by atoms with Gasteiger partial charge in [-0.1, -0.05) is 6.07 Å². The van der Waals surface area contributed by atoms with Gasteiger partial charge in [-0.25, -0.2) is 4.72 Å². The summed E-state index contributed by atoms with van der Waals surface area (Å²) >= 11 is 0. The molecule has 0 unspecified atom stereocenters. The average molecular weight is 329 g/mol. The second kappa shape index (κ2) is 7.57. The monoisotopic (exact) mass is 329 g/mol. The minimum atomic E-state index is -3.51. The molecule has 1 aromatic carbocycles. The molecule has 0 heterocycles. The first-order valence-electron chi connectivity index (χ1n) is 6.79. The third-order valence-electron chi connectivity index (χ3n) is 3.11. The van der Waals surface area contributed by atoms with Crippen molar-refractivity contribution in [3.8, 4) is 5.75 Å². The zero-order valence-corrected chi connectivity index (χ0v) is 14.4. The number of carbonyl (C=O) groups is 1. The van der Waals surface area contributed by atoms with E-state index in [4.69, 9.17) is 4.74 Å². The van der Waals surface area contributed by atoms with Gasteiger partial charge in [-0.05, 0) is 24.6 Å². The van der Waals surface area contributed by atoms with E-state index >= 15 is 0 Å². The average Bonchev–Trinajstić information content (AvgIpc) is 2.43. The zero-order valence-electron chi connectivity index (χ0n) is 13.6. The summed E-state index contributed by atoms with van der Waals surface area (Å²) < 4.78 is 32.2. The number of amides is 1. The van der Waals surface area contributed by atoms with Crippen LogP contribution < -0.4 is 14.4 Å². The topological polar surface area (TPSA) is 79.0 Å². The van der Waals surface area contributed by atoms with Crippen LogP contribution in [-0.4, -0.2) is 52.9 Å². The standard InChI is InChI=1S/C14H23N3O4S/c1-11-6-7-14(21-5)13(10-11)17(12(2)18)9-8-15-22(19,20)16(3)4/h6-7,10,15H,8-9H2,1-5H3. The van der Waals surface area contributed by atoms with Gasteiger partial charge in [0, 0.05) is 34.1 Å². The Morgan fingerprint density at radius 1 is 1.32 bits per heavy atom. The fourth-order valence-electron chi connectivity index (χ4n) is 1.87. The maximum atomic E-state index is 11.9. The minimum Gasteiger partial charge on any atom is -0.495 e. The van der Waals surface area contributed by atoms with Crippen LogP contribution in [0.4, 0.5) is 5.69 Å². The van der Waals surface area contributed by atoms with Crippen molar-refractivity contribution < 1.29 is 17.9 Å². The van der Waals surface area contributed by atoms with Gasteiger partial charge in [0.1, 0.15) is 5.75 Å². The molecule has 8 heteroatoms. The number of rotatable bonds is 7. The van der Waals surface area contributed by atoms with Crippen molar-refractivity contribution in [2.75, 3.05) is 39.2 Å². The zero-order chi connectivity index (χ0) is 16.9. The summed E-state index contributed by atoms with van der Waals surface area (Å²) in [7, 11) is 0.896. The normalized spacial score (nSPS) is 11.5. The number of methoxy groups -OCH3 is 1. The maximum Gasteiger partial charge on any atom is 0.278 e. The number of benzene rings is 1. The molecule has 0 bridgehead atoms. The lowest BCUT2D eigenvalue weighted by atomic mass is 10.2. The van der Waals surface area contributed by atoms with Crippen LogP contribution >= 0.6 is 0 Å². The van der Waals surface area contributed by atoms with Crippen LogP contribution in [0.15, 0.2) is 18.2 Å². The molecule has 0 radical (unpaired) electrons. The molecule has 1 amide bonds. The van der Waals surface area contributed by atoms with E-state index in [2.05, 4.69) is 4.72 Å². The van der Waals surface area contributed by atoms with Crippen molar-refractivity contribution in [2.24, 2.45) is 0 Å². The van der Waals surface area contributed by atoms with E-state index in [1.165, 1.54) is 33.0 Å². The third-order valence-corrected chi connectivity index (χ3v) is 4.64. The van der Waals surface area contributed by atoms with Crippen LogP contribution in [0.1, 0.15) is 12.5 Å². The molecule has 1 rings (SSSR count). The molecule has 0 aliphatic rings. The van der Waals surface area contributed by atoms with Gasteiger partial charge in [0.2, 0.25) is 5.91 Å². The first-order valence-corrected chi connectivity index (χ1v) is 8.23. The van der Waals surface area contributed by atoms with Crippen molar-refractivity contribution in [2.45, 2.75) is 13.8 Å². The quantitative estimate of drug-likeness (QED) is 0.801. The second-order valence-electron chi connectivity index (χ2n) is 5.03.